The summed E-state index contributed by atoms with van der Waals surface area (Å²) < 4.78 is 5.76. The molecule has 0 aliphatic carbocycles. The summed E-state index contributed by atoms with van der Waals surface area (Å²) in [6.07, 6.45) is 0.950. The molecule has 1 aliphatic heterocycles. The average molecular weight is 377 g/mol. The maximum absolute atomic E-state index is 12.6. The largest absolute Gasteiger partial charge is 0.484 e. The van der Waals surface area contributed by atoms with Crippen LogP contribution in [0.2, 0.25) is 0 Å². The van der Waals surface area contributed by atoms with Crippen LogP contribution in [0.5, 0.6) is 5.75 Å². The first-order chi connectivity index (χ1) is 13.5. The molecule has 0 atom stereocenters. The number of carbonyl (C=O) groups is 1. The van der Waals surface area contributed by atoms with Gasteiger partial charge < -0.3 is 9.64 Å². The zero-order valence-electron chi connectivity index (χ0n) is 16.6. The highest BCUT2D eigenvalue weighted by Gasteiger charge is 2.19. The molecule has 1 heterocycles. The van der Waals surface area contributed by atoms with Crippen LogP contribution in [0.25, 0.3) is 0 Å². The van der Waals surface area contributed by atoms with Crippen molar-refractivity contribution in [2.75, 3.05) is 32.8 Å². The number of nitriles is 1. The molecule has 1 amide bonds. The van der Waals surface area contributed by atoms with E-state index in [9.17, 15) is 4.79 Å². The molecule has 146 valence electrons. The molecule has 0 bridgehead atoms. The Hall–Kier alpha value is -2.84. The summed E-state index contributed by atoms with van der Waals surface area (Å²) >= 11 is 0. The van der Waals surface area contributed by atoms with Gasteiger partial charge in [0.25, 0.3) is 5.91 Å². The Bertz CT molecular complexity index is 855. The molecule has 2 aromatic carbocycles. The lowest BCUT2D eigenvalue weighted by molar-refractivity contribution is -0.133. The molecule has 5 nitrogen and oxygen atoms in total. The minimum Gasteiger partial charge on any atom is -0.484 e. The quantitative estimate of drug-likeness (QED) is 0.802. The predicted octanol–water partition coefficient (Wildman–Crippen LogP) is 3.29. The van der Waals surface area contributed by atoms with Crippen LogP contribution in [0, 0.1) is 25.2 Å². The Morgan fingerprint density at radius 2 is 1.86 bits per heavy atom. The lowest BCUT2D eigenvalue weighted by Gasteiger charge is -2.22. The number of rotatable bonds is 5. The van der Waals surface area contributed by atoms with E-state index < -0.39 is 0 Å². The van der Waals surface area contributed by atoms with Crippen molar-refractivity contribution in [3.8, 4) is 11.8 Å². The van der Waals surface area contributed by atoms with Crippen LogP contribution < -0.4 is 4.74 Å². The molecule has 2 aromatic rings. The van der Waals surface area contributed by atoms with E-state index in [1.54, 1.807) is 0 Å². The van der Waals surface area contributed by atoms with Crippen molar-refractivity contribution >= 4 is 5.91 Å². The van der Waals surface area contributed by atoms with Crippen LogP contribution in [-0.4, -0.2) is 48.5 Å². The van der Waals surface area contributed by atoms with Gasteiger partial charge in [-0.2, -0.15) is 5.26 Å². The SMILES string of the molecule is Cc1ccc(OCC(=O)N2CCCN(Cc3ccc(C#N)cc3)CC2)c(C)c1. The lowest BCUT2D eigenvalue weighted by atomic mass is 10.1. The summed E-state index contributed by atoms with van der Waals surface area (Å²) in [6, 6.07) is 15.9. The zero-order chi connectivity index (χ0) is 19.9. The molecule has 0 radical (unpaired) electrons. The highest BCUT2D eigenvalue weighted by molar-refractivity contribution is 5.77. The van der Waals surface area contributed by atoms with Gasteiger partial charge in [-0.3, -0.25) is 9.69 Å². The first-order valence-electron chi connectivity index (χ1n) is 9.74. The van der Waals surface area contributed by atoms with Crippen molar-refractivity contribution in [2.45, 2.75) is 26.8 Å². The summed E-state index contributed by atoms with van der Waals surface area (Å²) in [6.45, 7) is 8.25. The molecule has 3 rings (SSSR count). The number of carbonyl (C=O) groups excluding carboxylic acids is 1. The molecule has 28 heavy (non-hydrogen) atoms. The molecular weight excluding hydrogens is 350 g/mol. The number of aryl methyl sites for hydroxylation is 2. The number of ether oxygens (including phenoxy) is 1. The smallest absolute Gasteiger partial charge is 0.260 e. The van der Waals surface area contributed by atoms with E-state index in [1.807, 2.05) is 55.1 Å². The van der Waals surface area contributed by atoms with Gasteiger partial charge >= 0.3 is 0 Å². The summed E-state index contributed by atoms with van der Waals surface area (Å²) in [4.78, 5) is 16.9. The summed E-state index contributed by atoms with van der Waals surface area (Å²) in [7, 11) is 0. The van der Waals surface area contributed by atoms with Crippen LogP contribution in [0.3, 0.4) is 0 Å². The zero-order valence-corrected chi connectivity index (χ0v) is 16.6. The number of amides is 1. The van der Waals surface area contributed by atoms with Gasteiger partial charge in [0.05, 0.1) is 11.6 Å². The third-order valence-corrected chi connectivity index (χ3v) is 5.11. The van der Waals surface area contributed by atoms with Crippen LogP contribution in [-0.2, 0) is 11.3 Å². The molecular formula is C23H27N3O2. The van der Waals surface area contributed by atoms with E-state index in [0.29, 0.717) is 12.1 Å². The van der Waals surface area contributed by atoms with Crippen molar-refractivity contribution in [1.29, 1.82) is 5.26 Å². The van der Waals surface area contributed by atoms with Gasteiger partial charge in [0.1, 0.15) is 5.75 Å². The Labute approximate surface area is 167 Å². The van der Waals surface area contributed by atoms with E-state index in [4.69, 9.17) is 10.00 Å². The van der Waals surface area contributed by atoms with E-state index in [0.717, 1.165) is 43.9 Å². The van der Waals surface area contributed by atoms with E-state index >= 15 is 0 Å². The van der Waals surface area contributed by atoms with Crippen molar-refractivity contribution in [3.63, 3.8) is 0 Å². The second-order valence-corrected chi connectivity index (χ2v) is 7.38. The van der Waals surface area contributed by atoms with Crippen molar-refractivity contribution in [1.82, 2.24) is 9.80 Å². The summed E-state index contributed by atoms with van der Waals surface area (Å²) in [5.74, 6) is 0.816. The molecule has 0 spiro atoms. The van der Waals surface area contributed by atoms with E-state index in [-0.39, 0.29) is 12.5 Å². The molecule has 1 saturated heterocycles. The Morgan fingerprint density at radius 3 is 2.57 bits per heavy atom. The van der Waals surface area contributed by atoms with Crippen molar-refractivity contribution in [2.24, 2.45) is 0 Å². The second kappa shape index (κ2) is 9.38. The molecule has 0 unspecified atom stereocenters. The first kappa shape index (κ1) is 19.9. The average Bonchev–Trinajstić information content (AvgIpc) is 2.93. The standard InChI is InChI=1S/C23H27N3O2/c1-18-4-9-22(19(2)14-18)28-17-23(27)26-11-3-10-25(12-13-26)16-21-7-5-20(15-24)6-8-21/h4-9,14H,3,10-13,16-17H2,1-2H3. The van der Waals surface area contributed by atoms with E-state index in [2.05, 4.69) is 17.0 Å². The fourth-order valence-corrected chi connectivity index (χ4v) is 3.51. The van der Waals surface area contributed by atoms with E-state index in [1.165, 1.54) is 11.1 Å². The van der Waals surface area contributed by atoms with Gasteiger partial charge in [0.15, 0.2) is 6.61 Å². The first-order valence-corrected chi connectivity index (χ1v) is 9.74. The third kappa shape index (κ3) is 5.34. The second-order valence-electron chi connectivity index (χ2n) is 7.38. The van der Waals surface area contributed by atoms with Crippen molar-refractivity contribution in [3.05, 3.63) is 64.7 Å². The number of benzene rings is 2. The number of hydrogen-bond acceptors (Lipinski definition) is 4. The van der Waals surface area contributed by atoms with Gasteiger partial charge in [-0.25, -0.2) is 0 Å². The molecule has 0 saturated carbocycles. The van der Waals surface area contributed by atoms with Crippen molar-refractivity contribution < 1.29 is 9.53 Å². The number of nitrogens with zero attached hydrogens (tertiary/aromatic N) is 3. The molecule has 1 aliphatic rings. The Balaban J connectivity index is 1.49. The molecule has 1 fully saturated rings. The minimum absolute atomic E-state index is 0.0419. The van der Waals surface area contributed by atoms with Crippen LogP contribution >= 0.6 is 0 Å². The predicted molar refractivity (Wildman–Crippen MR) is 109 cm³/mol. The monoisotopic (exact) mass is 377 g/mol. The van der Waals surface area contributed by atoms with Gasteiger partial charge in [-0.1, -0.05) is 29.8 Å². The Morgan fingerprint density at radius 1 is 1.07 bits per heavy atom. The topological polar surface area (TPSA) is 56.6 Å². The number of hydrogen-bond donors (Lipinski definition) is 0. The van der Waals surface area contributed by atoms with Crippen LogP contribution in [0.15, 0.2) is 42.5 Å². The molecule has 0 N–H and O–H groups in total. The normalized spacial score (nSPS) is 15.0. The summed E-state index contributed by atoms with van der Waals surface area (Å²) in [5.41, 5.74) is 4.11. The van der Waals surface area contributed by atoms with Gasteiger partial charge in [-0.05, 0) is 49.6 Å². The summed E-state index contributed by atoms with van der Waals surface area (Å²) in [5, 5.41) is 8.90. The molecule has 5 heteroatoms. The maximum Gasteiger partial charge on any atom is 0.260 e. The lowest BCUT2D eigenvalue weighted by Crippen LogP contribution is -2.38. The fourth-order valence-electron chi connectivity index (χ4n) is 3.51. The van der Waals surface area contributed by atoms with Gasteiger partial charge in [0, 0.05) is 32.7 Å². The van der Waals surface area contributed by atoms with Gasteiger partial charge in [0.2, 0.25) is 0 Å². The maximum atomic E-state index is 12.6. The fraction of sp³-hybridized carbons (Fsp3) is 0.391. The van der Waals surface area contributed by atoms with Crippen LogP contribution in [0.1, 0.15) is 28.7 Å². The minimum atomic E-state index is 0.0419. The third-order valence-electron chi connectivity index (χ3n) is 5.11. The highest BCUT2D eigenvalue weighted by atomic mass is 16.5. The Kier molecular flexibility index (Phi) is 6.67. The highest BCUT2D eigenvalue weighted by Crippen LogP contribution is 2.19. The molecule has 0 aromatic heterocycles. The van der Waals surface area contributed by atoms with Gasteiger partial charge in [-0.15, -0.1) is 0 Å². The van der Waals surface area contributed by atoms with Crippen LogP contribution in [0.4, 0.5) is 0 Å².